The van der Waals surface area contributed by atoms with Crippen molar-refractivity contribution in [2.45, 2.75) is 32.9 Å². The van der Waals surface area contributed by atoms with Crippen molar-refractivity contribution >= 4 is 0 Å². The third-order valence-corrected chi connectivity index (χ3v) is 3.28. The molecule has 0 radical (unpaired) electrons. The molecule has 19 heavy (non-hydrogen) atoms. The zero-order chi connectivity index (χ0) is 13.8. The topological polar surface area (TPSA) is 49.9 Å². The first-order valence-corrected chi connectivity index (χ1v) is 6.51. The van der Waals surface area contributed by atoms with Crippen LogP contribution < -0.4 is 10.1 Å². The maximum absolute atomic E-state index is 5.43. The molecule has 0 saturated carbocycles. The molecule has 0 saturated heterocycles. The predicted molar refractivity (Wildman–Crippen MR) is 76.3 cm³/mol. The monoisotopic (exact) mass is 259 g/mol. The van der Waals surface area contributed by atoms with E-state index in [1.807, 2.05) is 12.3 Å². The van der Waals surface area contributed by atoms with Crippen molar-refractivity contribution in [3.05, 3.63) is 47.5 Å². The molecule has 2 unspecified atom stereocenters. The molecule has 2 rings (SSSR count). The molecule has 0 spiro atoms. The first-order valence-electron chi connectivity index (χ1n) is 6.51. The van der Waals surface area contributed by atoms with Crippen molar-refractivity contribution in [3.63, 3.8) is 0 Å². The average molecular weight is 259 g/mol. The van der Waals surface area contributed by atoms with Gasteiger partial charge >= 0.3 is 0 Å². The van der Waals surface area contributed by atoms with E-state index in [1.54, 1.807) is 13.3 Å². The quantitative estimate of drug-likeness (QED) is 0.867. The third-order valence-electron chi connectivity index (χ3n) is 3.28. The number of nitrogens with one attached hydrogen (secondary N) is 2. The van der Waals surface area contributed by atoms with Gasteiger partial charge in [-0.1, -0.05) is 17.7 Å². The average Bonchev–Trinajstić information content (AvgIpc) is 2.92. The number of rotatable bonds is 5. The van der Waals surface area contributed by atoms with E-state index in [4.69, 9.17) is 4.74 Å². The van der Waals surface area contributed by atoms with E-state index in [0.29, 0.717) is 0 Å². The Kier molecular flexibility index (Phi) is 4.22. The molecular formula is C15H21N3O. The number of aromatic amines is 1. The minimum Gasteiger partial charge on any atom is -0.496 e. The summed E-state index contributed by atoms with van der Waals surface area (Å²) in [5, 5.41) is 3.53. The number of aryl methyl sites for hydroxylation is 1. The Hall–Kier alpha value is -1.81. The van der Waals surface area contributed by atoms with Gasteiger partial charge in [0.15, 0.2) is 0 Å². The molecule has 4 nitrogen and oxygen atoms in total. The number of benzene rings is 1. The summed E-state index contributed by atoms with van der Waals surface area (Å²) in [5.74, 6) is 1.86. The van der Waals surface area contributed by atoms with Crippen molar-refractivity contribution in [2.24, 2.45) is 0 Å². The summed E-state index contributed by atoms with van der Waals surface area (Å²) in [7, 11) is 1.71. The fourth-order valence-corrected chi connectivity index (χ4v) is 2.25. The third kappa shape index (κ3) is 3.15. The highest BCUT2D eigenvalue weighted by Crippen LogP contribution is 2.27. The van der Waals surface area contributed by atoms with Crippen molar-refractivity contribution in [2.75, 3.05) is 7.11 Å². The lowest BCUT2D eigenvalue weighted by molar-refractivity contribution is 0.395. The predicted octanol–water partition coefficient (Wildman–Crippen LogP) is 3.14. The van der Waals surface area contributed by atoms with Crippen LogP contribution in [0.25, 0.3) is 0 Å². The van der Waals surface area contributed by atoms with Gasteiger partial charge in [0, 0.05) is 24.0 Å². The lowest BCUT2D eigenvalue weighted by Crippen LogP contribution is -2.23. The van der Waals surface area contributed by atoms with E-state index in [1.165, 1.54) is 11.1 Å². The SMILES string of the molecule is COc1ccc(C)cc1C(C)NC(C)c1ncc[nH]1. The number of imidazole rings is 1. The Morgan fingerprint density at radius 1 is 1.26 bits per heavy atom. The summed E-state index contributed by atoms with van der Waals surface area (Å²) in [6, 6.07) is 6.58. The number of aromatic nitrogens is 2. The summed E-state index contributed by atoms with van der Waals surface area (Å²) in [5.41, 5.74) is 2.40. The van der Waals surface area contributed by atoms with E-state index >= 15 is 0 Å². The van der Waals surface area contributed by atoms with E-state index in [-0.39, 0.29) is 12.1 Å². The molecule has 2 aromatic rings. The maximum atomic E-state index is 5.43. The molecule has 0 amide bonds. The molecule has 0 aliphatic rings. The van der Waals surface area contributed by atoms with Crippen molar-refractivity contribution in [1.82, 2.24) is 15.3 Å². The first-order chi connectivity index (χ1) is 9.11. The Morgan fingerprint density at radius 3 is 2.68 bits per heavy atom. The number of hydrogen-bond acceptors (Lipinski definition) is 3. The zero-order valence-electron chi connectivity index (χ0n) is 11.9. The summed E-state index contributed by atoms with van der Waals surface area (Å²) in [6.45, 7) is 6.32. The van der Waals surface area contributed by atoms with Crippen LogP contribution in [0.3, 0.4) is 0 Å². The van der Waals surface area contributed by atoms with E-state index in [9.17, 15) is 0 Å². The number of nitrogens with zero attached hydrogens (tertiary/aromatic N) is 1. The van der Waals surface area contributed by atoms with Gasteiger partial charge in [-0.25, -0.2) is 4.98 Å². The van der Waals surface area contributed by atoms with Gasteiger partial charge in [-0.2, -0.15) is 0 Å². The lowest BCUT2D eigenvalue weighted by Gasteiger charge is -2.21. The zero-order valence-corrected chi connectivity index (χ0v) is 11.9. The lowest BCUT2D eigenvalue weighted by atomic mass is 10.0. The van der Waals surface area contributed by atoms with Crippen LogP contribution in [0, 0.1) is 6.92 Å². The second kappa shape index (κ2) is 5.89. The molecule has 0 aliphatic heterocycles. The molecule has 1 heterocycles. The van der Waals surface area contributed by atoms with Crippen LogP contribution in [0.5, 0.6) is 5.75 Å². The number of methoxy groups -OCH3 is 1. The van der Waals surface area contributed by atoms with Gasteiger partial charge in [0.2, 0.25) is 0 Å². The van der Waals surface area contributed by atoms with E-state index < -0.39 is 0 Å². The molecule has 2 atom stereocenters. The molecule has 0 fully saturated rings. The summed E-state index contributed by atoms with van der Waals surface area (Å²) in [4.78, 5) is 7.40. The van der Waals surface area contributed by atoms with Gasteiger partial charge in [-0.05, 0) is 26.8 Å². The fourth-order valence-electron chi connectivity index (χ4n) is 2.25. The summed E-state index contributed by atoms with van der Waals surface area (Å²) < 4.78 is 5.43. The van der Waals surface area contributed by atoms with E-state index in [2.05, 4.69) is 48.2 Å². The Bertz CT molecular complexity index is 522. The van der Waals surface area contributed by atoms with E-state index in [0.717, 1.165) is 11.6 Å². The molecule has 4 heteroatoms. The fraction of sp³-hybridized carbons (Fsp3) is 0.400. The highest BCUT2D eigenvalue weighted by atomic mass is 16.5. The summed E-state index contributed by atoms with van der Waals surface area (Å²) >= 11 is 0. The molecule has 1 aromatic carbocycles. The van der Waals surface area contributed by atoms with Gasteiger partial charge in [-0.3, -0.25) is 0 Å². The van der Waals surface area contributed by atoms with Crippen LogP contribution in [0.1, 0.15) is 42.9 Å². The number of H-pyrrole nitrogens is 1. The molecule has 1 aromatic heterocycles. The van der Waals surface area contributed by atoms with Crippen LogP contribution in [0.15, 0.2) is 30.6 Å². The Balaban J connectivity index is 2.15. The van der Waals surface area contributed by atoms with Crippen molar-refractivity contribution in [3.8, 4) is 5.75 Å². The van der Waals surface area contributed by atoms with Crippen molar-refractivity contribution in [1.29, 1.82) is 0 Å². The standard InChI is InChI=1S/C15H21N3O/c1-10-5-6-14(19-4)13(9-10)11(2)18-12(3)15-16-7-8-17-15/h5-9,11-12,18H,1-4H3,(H,16,17). The minimum atomic E-state index is 0.162. The minimum absolute atomic E-state index is 0.162. The smallest absolute Gasteiger partial charge is 0.123 e. The number of hydrogen-bond donors (Lipinski definition) is 2. The Labute approximate surface area is 114 Å². The largest absolute Gasteiger partial charge is 0.496 e. The van der Waals surface area contributed by atoms with Crippen LogP contribution in [-0.4, -0.2) is 17.1 Å². The Morgan fingerprint density at radius 2 is 2.05 bits per heavy atom. The molecule has 0 bridgehead atoms. The highest BCUT2D eigenvalue weighted by molar-refractivity contribution is 5.39. The van der Waals surface area contributed by atoms with Crippen LogP contribution >= 0.6 is 0 Å². The van der Waals surface area contributed by atoms with Gasteiger partial charge in [0.05, 0.1) is 13.2 Å². The highest BCUT2D eigenvalue weighted by Gasteiger charge is 2.16. The van der Waals surface area contributed by atoms with Gasteiger partial charge < -0.3 is 15.0 Å². The molecule has 102 valence electrons. The maximum Gasteiger partial charge on any atom is 0.123 e. The second-order valence-corrected chi connectivity index (χ2v) is 4.83. The van der Waals surface area contributed by atoms with Crippen molar-refractivity contribution < 1.29 is 4.74 Å². The second-order valence-electron chi connectivity index (χ2n) is 4.83. The van der Waals surface area contributed by atoms with Gasteiger partial charge in [-0.15, -0.1) is 0 Å². The molecular weight excluding hydrogens is 238 g/mol. The van der Waals surface area contributed by atoms with Crippen LogP contribution in [0.2, 0.25) is 0 Å². The van der Waals surface area contributed by atoms with Gasteiger partial charge in [0.1, 0.15) is 11.6 Å². The number of ether oxygens (including phenoxy) is 1. The molecule has 2 N–H and O–H groups in total. The normalized spacial score (nSPS) is 14.1. The van der Waals surface area contributed by atoms with Crippen LogP contribution in [-0.2, 0) is 0 Å². The molecule has 0 aliphatic carbocycles. The van der Waals surface area contributed by atoms with Gasteiger partial charge in [0.25, 0.3) is 0 Å². The van der Waals surface area contributed by atoms with Crippen LogP contribution in [0.4, 0.5) is 0 Å². The first kappa shape index (κ1) is 13.6. The summed E-state index contributed by atoms with van der Waals surface area (Å²) in [6.07, 6.45) is 3.61.